The van der Waals surface area contributed by atoms with Gasteiger partial charge in [0.15, 0.2) is 5.96 Å². The van der Waals surface area contributed by atoms with Gasteiger partial charge in [-0.05, 0) is 59.8 Å². The van der Waals surface area contributed by atoms with Crippen LogP contribution in [0.1, 0.15) is 59.8 Å². The molecule has 0 saturated carbocycles. The summed E-state index contributed by atoms with van der Waals surface area (Å²) in [6.45, 7) is 10.4. The van der Waals surface area contributed by atoms with Crippen LogP contribution in [-0.2, 0) is 0 Å². The van der Waals surface area contributed by atoms with E-state index in [2.05, 4.69) is 49.4 Å². The van der Waals surface area contributed by atoms with Gasteiger partial charge in [-0.1, -0.05) is 11.6 Å². The van der Waals surface area contributed by atoms with E-state index in [0.29, 0.717) is 0 Å². The number of hydrogen-bond donors (Lipinski definition) is 2. The molecule has 0 saturated heterocycles. The lowest BCUT2D eigenvalue weighted by molar-refractivity contribution is 0.501. The summed E-state index contributed by atoms with van der Waals surface area (Å²) >= 11 is 0. The molecule has 0 radical (unpaired) electrons. The summed E-state index contributed by atoms with van der Waals surface area (Å²) in [5.74, 6) is 0.932. The van der Waals surface area contributed by atoms with Crippen LogP contribution >= 0.6 is 24.0 Å². The highest BCUT2D eigenvalue weighted by atomic mass is 127. The molecule has 19 heavy (non-hydrogen) atoms. The molecule has 0 fully saturated rings. The van der Waals surface area contributed by atoms with Crippen LogP contribution in [0.4, 0.5) is 0 Å². The molecule has 112 valence electrons. The Morgan fingerprint density at radius 2 is 2.05 bits per heavy atom. The van der Waals surface area contributed by atoms with Gasteiger partial charge in [0, 0.05) is 18.6 Å². The maximum absolute atomic E-state index is 4.65. The minimum Gasteiger partial charge on any atom is -0.357 e. The molecule has 0 spiro atoms. The standard InChI is InChI=1S/C15H29N3.HI/c1-5-16-14(18-15(2,3)4)17-12-11-13-9-7-6-8-10-13;/h9H,5-8,10-12H2,1-4H3,(H2,16,17,18);1H. The predicted octanol–water partition coefficient (Wildman–Crippen LogP) is 3.85. The average molecular weight is 379 g/mol. The van der Waals surface area contributed by atoms with E-state index in [4.69, 9.17) is 0 Å². The van der Waals surface area contributed by atoms with E-state index >= 15 is 0 Å². The molecule has 1 aliphatic rings. The number of halogens is 1. The first kappa shape index (κ1) is 18.7. The molecule has 0 heterocycles. The highest BCUT2D eigenvalue weighted by molar-refractivity contribution is 14.0. The highest BCUT2D eigenvalue weighted by Gasteiger charge is 2.11. The predicted molar refractivity (Wildman–Crippen MR) is 95.5 cm³/mol. The zero-order valence-electron chi connectivity index (χ0n) is 12.9. The summed E-state index contributed by atoms with van der Waals surface area (Å²) < 4.78 is 0. The fourth-order valence-electron chi connectivity index (χ4n) is 2.11. The lowest BCUT2D eigenvalue weighted by Gasteiger charge is -2.23. The molecule has 0 aromatic carbocycles. The number of nitrogens with one attached hydrogen (secondary N) is 2. The fraction of sp³-hybridized carbons (Fsp3) is 0.800. The quantitative estimate of drug-likeness (QED) is 0.337. The van der Waals surface area contributed by atoms with Crippen LogP contribution in [0.25, 0.3) is 0 Å². The van der Waals surface area contributed by atoms with Crippen molar-refractivity contribution < 1.29 is 0 Å². The van der Waals surface area contributed by atoms with Gasteiger partial charge in [0.05, 0.1) is 0 Å². The topological polar surface area (TPSA) is 36.4 Å². The zero-order chi connectivity index (χ0) is 13.4. The van der Waals surface area contributed by atoms with Gasteiger partial charge in [0.2, 0.25) is 0 Å². The van der Waals surface area contributed by atoms with Crippen LogP contribution in [0.15, 0.2) is 16.6 Å². The first-order valence-electron chi connectivity index (χ1n) is 7.25. The molecule has 1 aliphatic carbocycles. The van der Waals surface area contributed by atoms with Crippen LogP contribution in [-0.4, -0.2) is 24.6 Å². The molecule has 0 unspecified atom stereocenters. The van der Waals surface area contributed by atoms with Crippen molar-refractivity contribution in [2.45, 2.75) is 65.3 Å². The maximum Gasteiger partial charge on any atom is 0.191 e. The Kier molecular flexibility index (Phi) is 9.48. The van der Waals surface area contributed by atoms with Crippen molar-refractivity contribution >= 4 is 29.9 Å². The van der Waals surface area contributed by atoms with Crippen molar-refractivity contribution in [1.29, 1.82) is 0 Å². The Morgan fingerprint density at radius 3 is 2.58 bits per heavy atom. The smallest absolute Gasteiger partial charge is 0.191 e. The van der Waals surface area contributed by atoms with Crippen LogP contribution in [0.2, 0.25) is 0 Å². The Balaban J connectivity index is 0.00000324. The van der Waals surface area contributed by atoms with Crippen LogP contribution < -0.4 is 10.6 Å². The van der Waals surface area contributed by atoms with Gasteiger partial charge in [-0.2, -0.15) is 0 Å². The average Bonchev–Trinajstić information content (AvgIpc) is 2.28. The van der Waals surface area contributed by atoms with Gasteiger partial charge in [0.1, 0.15) is 0 Å². The second kappa shape index (κ2) is 9.61. The number of aliphatic imine (C=N–C) groups is 1. The Morgan fingerprint density at radius 1 is 1.32 bits per heavy atom. The first-order chi connectivity index (χ1) is 8.51. The van der Waals surface area contributed by atoms with Crippen molar-refractivity contribution in [2.75, 3.05) is 13.1 Å². The van der Waals surface area contributed by atoms with E-state index in [9.17, 15) is 0 Å². The number of allylic oxidation sites excluding steroid dienone is 1. The summed E-state index contributed by atoms with van der Waals surface area (Å²) in [7, 11) is 0. The molecular formula is C15H30IN3. The zero-order valence-corrected chi connectivity index (χ0v) is 15.2. The second-order valence-electron chi connectivity index (χ2n) is 5.99. The molecule has 0 bridgehead atoms. The summed E-state index contributed by atoms with van der Waals surface area (Å²) in [6, 6.07) is 0. The molecule has 0 atom stereocenters. The molecule has 0 aliphatic heterocycles. The second-order valence-corrected chi connectivity index (χ2v) is 5.99. The summed E-state index contributed by atoms with van der Waals surface area (Å²) in [4.78, 5) is 4.65. The highest BCUT2D eigenvalue weighted by Crippen LogP contribution is 2.19. The third-order valence-electron chi connectivity index (χ3n) is 2.93. The molecule has 2 N–H and O–H groups in total. The third kappa shape index (κ3) is 9.30. The van der Waals surface area contributed by atoms with E-state index < -0.39 is 0 Å². The first-order valence-corrected chi connectivity index (χ1v) is 7.25. The Bertz CT molecular complexity index is 303. The number of rotatable bonds is 4. The molecule has 0 aromatic rings. The van der Waals surface area contributed by atoms with Crippen molar-refractivity contribution in [3.8, 4) is 0 Å². The van der Waals surface area contributed by atoms with E-state index in [-0.39, 0.29) is 29.5 Å². The summed E-state index contributed by atoms with van der Waals surface area (Å²) in [6.07, 6.45) is 8.78. The lowest BCUT2D eigenvalue weighted by Crippen LogP contribution is -2.47. The molecule has 0 aromatic heterocycles. The Labute approximate surface area is 135 Å². The number of hydrogen-bond acceptors (Lipinski definition) is 1. The van der Waals surface area contributed by atoms with Crippen molar-refractivity contribution in [3.05, 3.63) is 11.6 Å². The number of nitrogens with zero attached hydrogens (tertiary/aromatic N) is 1. The molecule has 0 amide bonds. The summed E-state index contributed by atoms with van der Waals surface area (Å²) in [5.41, 5.74) is 1.65. The molecular weight excluding hydrogens is 349 g/mol. The van der Waals surface area contributed by atoms with E-state index in [1.165, 1.54) is 25.7 Å². The van der Waals surface area contributed by atoms with Crippen LogP contribution in [0.3, 0.4) is 0 Å². The van der Waals surface area contributed by atoms with Crippen molar-refractivity contribution in [2.24, 2.45) is 4.99 Å². The monoisotopic (exact) mass is 379 g/mol. The minimum absolute atomic E-state index is 0. The van der Waals surface area contributed by atoms with Gasteiger partial charge in [-0.3, -0.25) is 4.99 Å². The molecule has 4 heteroatoms. The van der Waals surface area contributed by atoms with E-state index in [1.807, 2.05) is 0 Å². The van der Waals surface area contributed by atoms with Gasteiger partial charge < -0.3 is 10.6 Å². The number of guanidine groups is 1. The maximum atomic E-state index is 4.65. The third-order valence-corrected chi connectivity index (χ3v) is 2.93. The van der Waals surface area contributed by atoms with Gasteiger partial charge in [-0.25, -0.2) is 0 Å². The molecule has 1 rings (SSSR count). The van der Waals surface area contributed by atoms with Crippen LogP contribution in [0, 0.1) is 0 Å². The van der Waals surface area contributed by atoms with Gasteiger partial charge in [-0.15, -0.1) is 24.0 Å². The summed E-state index contributed by atoms with van der Waals surface area (Å²) in [5, 5.41) is 6.71. The lowest BCUT2D eigenvalue weighted by atomic mass is 9.97. The van der Waals surface area contributed by atoms with Crippen LogP contribution in [0.5, 0.6) is 0 Å². The van der Waals surface area contributed by atoms with Crippen molar-refractivity contribution in [3.63, 3.8) is 0 Å². The SMILES string of the molecule is CCNC(=NCCC1=CCCCC1)NC(C)(C)C.I. The minimum atomic E-state index is 0. The van der Waals surface area contributed by atoms with Gasteiger partial charge in [0.25, 0.3) is 0 Å². The fourth-order valence-corrected chi connectivity index (χ4v) is 2.11. The Hall–Kier alpha value is -0.260. The van der Waals surface area contributed by atoms with Gasteiger partial charge >= 0.3 is 0 Å². The molecule has 3 nitrogen and oxygen atoms in total. The largest absolute Gasteiger partial charge is 0.357 e. The van der Waals surface area contributed by atoms with E-state index in [1.54, 1.807) is 5.57 Å². The van der Waals surface area contributed by atoms with Crippen molar-refractivity contribution in [1.82, 2.24) is 10.6 Å². The van der Waals surface area contributed by atoms with E-state index in [0.717, 1.165) is 25.5 Å². The normalized spacial score (nSPS) is 16.4.